The Bertz CT molecular complexity index is 1670. The lowest BCUT2D eigenvalue weighted by Crippen LogP contribution is -2.13. The van der Waals surface area contributed by atoms with Crippen LogP contribution < -0.4 is 15.4 Å². The van der Waals surface area contributed by atoms with Crippen LogP contribution in [0.4, 0.5) is 21.7 Å². The van der Waals surface area contributed by atoms with Gasteiger partial charge in [-0.05, 0) is 26.2 Å². The summed E-state index contributed by atoms with van der Waals surface area (Å²) in [7, 11) is 7.18. The molecular weight excluding hydrogens is 487 g/mol. The zero-order chi connectivity index (χ0) is 26.8. The molecule has 5 rings (SSSR count). The van der Waals surface area contributed by atoms with Gasteiger partial charge in [-0.2, -0.15) is 19.6 Å². The summed E-state index contributed by atoms with van der Waals surface area (Å²) in [5, 5.41) is 11.1. The molecule has 0 unspecified atom stereocenters. The van der Waals surface area contributed by atoms with Crippen molar-refractivity contribution in [3.63, 3.8) is 0 Å². The van der Waals surface area contributed by atoms with E-state index in [0.29, 0.717) is 23.7 Å². The van der Waals surface area contributed by atoms with Gasteiger partial charge in [-0.15, -0.1) is 0 Å². The van der Waals surface area contributed by atoms with Crippen molar-refractivity contribution in [3.8, 4) is 17.1 Å². The Kier molecular flexibility index (Phi) is 6.75. The Morgan fingerprint density at radius 3 is 2.76 bits per heavy atom. The van der Waals surface area contributed by atoms with Crippen molar-refractivity contribution >= 4 is 39.8 Å². The first-order valence-electron chi connectivity index (χ1n) is 11.9. The van der Waals surface area contributed by atoms with Crippen molar-refractivity contribution in [1.82, 2.24) is 29.0 Å². The molecule has 11 heteroatoms. The van der Waals surface area contributed by atoms with Crippen molar-refractivity contribution in [2.45, 2.75) is 0 Å². The van der Waals surface area contributed by atoms with Gasteiger partial charge in [0.25, 0.3) is 0 Å². The summed E-state index contributed by atoms with van der Waals surface area (Å²) < 4.78 is 23.9. The number of benzene rings is 2. The zero-order valence-electron chi connectivity index (χ0n) is 21.4. The number of rotatable bonds is 8. The summed E-state index contributed by atoms with van der Waals surface area (Å²) in [5.74, 6) is -0.0105. The third-order valence-electron chi connectivity index (χ3n) is 5.93. The number of nitrogens with zero attached hydrogens (tertiary/aromatic N) is 6. The number of methoxy groups -OCH3 is 1. The van der Waals surface area contributed by atoms with E-state index < -0.39 is 11.7 Å². The van der Waals surface area contributed by atoms with Crippen molar-refractivity contribution in [2.24, 2.45) is 7.05 Å². The Morgan fingerprint density at radius 1 is 1.16 bits per heavy atom. The van der Waals surface area contributed by atoms with Crippen LogP contribution in [0.1, 0.15) is 0 Å². The van der Waals surface area contributed by atoms with E-state index in [-0.39, 0.29) is 17.4 Å². The molecule has 2 N–H and O–H groups in total. The van der Waals surface area contributed by atoms with Crippen LogP contribution in [0.25, 0.3) is 27.9 Å². The first-order valence-corrected chi connectivity index (χ1v) is 11.9. The van der Waals surface area contributed by atoms with Crippen molar-refractivity contribution in [2.75, 3.05) is 38.4 Å². The fraction of sp³-hybridized carbons (Fsp3) is 0.185. The van der Waals surface area contributed by atoms with Gasteiger partial charge in [0.1, 0.15) is 5.75 Å². The predicted octanol–water partition coefficient (Wildman–Crippen LogP) is 4.23. The van der Waals surface area contributed by atoms with Crippen LogP contribution in [0.5, 0.6) is 5.75 Å². The first-order chi connectivity index (χ1) is 18.3. The number of halogens is 1. The Balaban J connectivity index is 1.52. The summed E-state index contributed by atoms with van der Waals surface area (Å²) in [6.45, 7) is 0.582. The number of carbonyl (C=O) groups is 1. The molecule has 5 aromatic rings. The number of carbonyl (C=O) groups excluding carboxylic acids is 1. The van der Waals surface area contributed by atoms with E-state index in [9.17, 15) is 9.18 Å². The van der Waals surface area contributed by atoms with Gasteiger partial charge in [0.2, 0.25) is 11.9 Å². The summed E-state index contributed by atoms with van der Waals surface area (Å²) >= 11 is 0. The smallest absolute Gasteiger partial charge is 0.248 e. The molecule has 194 valence electrons. The molecule has 0 bridgehead atoms. The minimum Gasteiger partial charge on any atom is -0.494 e. The molecule has 0 saturated heterocycles. The number of nitrogens with one attached hydrogen (secondary N) is 2. The Morgan fingerprint density at radius 2 is 1.97 bits per heavy atom. The third-order valence-corrected chi connectivity index (χ3v) is 5.93. The molecule has 2 aromatic carbocycles. The summed E-state index contributed by atoms with van der Waals surface area (Å²) in [6, 6.07) is 12.4. The highest BCUT2D eigenvalue weighted by Crippen LogP contribution is 2.34. The van der Waals surface area contributed by atoms with Crippen molar-refractivity contribution < 1.29 is 13.9 Å². The number of likely N-dealkylation sites (N-methyl/N-ethyl adjacent to an activating group) is 1. The highest BCUT2D eigenvalue weighted by atomic mass is 19.1. The lowest BCUT2D eigenvalue weighted by molar-refractivity contribution is -0.111. The second kappa shape index (κ2) is 10.3. The fourth-order valence-corrected chi connectivity index (χ4v) is 4.16. The average molecular weight is 515 g/mol. The SMILES string of the molecule is COc1cc(F)c(NC(=O)C=CCN(C)C)cc1Nc1nc(-c2cn(C)c3ccccc23)n2nccc2n1. The van der Waals surface area contributed by atoms with Gasteiger partial charge < -0.3 is 24.8 Å². The molecule has 3 aromatic heterocycles. The molecule has 10 nitrogen and oxygen atoms in total. The molecule has 0 aliphatic rings. The maximum absolute atomic E-state index is 14.8. The largest absolute Gasteiger partial charge is 0.494 e. The molecule has 0 fully saturated rings. The van der Waals surface area contributed by atoms with Gasteiger partial charge in [0, 0.05) is 54.5 Å². The monoisotopic (exact) mass is 514 g/mol. The highest BCUT2D eigenvalue weighted by molar-refractivity contribution is 6.00. The minimum atomic E-state index is -0.634. The van der Waals surface area contributed by atoms with Crippen LogP contribution in [-0.4, -0.2) is 62.7 Å². The van der Waals surface area contributed by atoms with E-state index in [4.69, 9.17) is 9.72 Å². The van der Waals surface area contributed by atoms with Crippen LogP contribution in [0.3, 0.4) is 0 Å². The second-order valence-electron chi connectivity index (χ2n) is 8.95. The van der Waals surface area contributed by atoms with Crippen molar-refractivity contribution in [3.05, 3.63) is 72.8 Å². The van der Waals surface area contributed by atoms with E-state index in [0.717, 1.165) is 16.5 Å². The summed E-state index contributed by atoms with van der Waals surface area (Å²) in [5.41, 5.74) is 2.88. The van der Waals surface area contributed by atoms with Crippen LogP contribution in [0.2, 0.25) is 0 Å². The van der Waals surface area contributed by atoms with Gasteiger partial charge in [-0.3, -0.25) is 4.79 Å². The quantitative estimate of drug-likeness (QED) is 0.299. The van der Waals surface area contributed by atoms with Gasteiger partial charge in [-0.1, -0.05) is 24.3 Å². The first kappa shape index (κ1) is 24.9. The summed E-state index contributed by atoms with van der Waals surface area (Å²) in [4.78, 5) is 23.6. The van der Waals surface area contributed by atoms with E-state index in [2.05, 4.69) is 20.7 Å². The maximum Gasteiger partial charge on any atom is 0.248 e. The molecule has 38 heavy (non-hydrogen) atoms. The zero-order valence-corrected chi connectivity index (χ0v) is 21.4. The number of ether oxygens (including phenoxy) is 1. The molecule has 0 atom stereocenters. The Hall–Kier alpha value is -4.77. The van der Waals surface area contributed by atoms with Gasteiger partial charge in [0.05, 0.1) is 24.7 Å². The van der Waals surface area contributed by atoms with Crippen molar-refractivity contribution in [1.29, 1.82) is 0 Å². The third kappa shape index (κ3) is 4.91. The van der Waals surface area contributed by atoms with Crippen LogP contribution in [-0.2, 0) is 11.8 Å². The number of anilines is 3. The van der Waals surface area contributed by atoms with Crippen LogP contribution in [0, 0.1) is 5.82 Å². The van der Waals surface area contributed by atoms with Crippen LogP contribution >= 0.6 is 0 Å². The normalized spacial score (nSPS) is 11.6. The molecule has 3 heterocycles. The standard InChI is InChI=1S/C27H27FN8O2/c1-34(2)13-7-10-25(37)30-20-15-21(23(38-4)14-19(20)28)31-27-32-24-11-12-29-36(24)26(33-27)18-16-35(3)22-9-6-5-8-17(18)22/h5-12,14-16H,13H2,1-4H3,(H,30,37)(H,31,32). The topological polar surface area (TPSA) is 102 Å². The predicted molar refractivity (Wildman–Crippen MR) is 145 cm³/mol. The molecule has 0 spiro atoms. The highest BCUT2D eigenvalue weighted by Gasteiger charge is 2.18. The average Bonchev–Trinajstić information content (AvgIpc) is 3.50. The number of hydrogen-bond acceptors (Lipinski definition) is 7. The lowest BCUT2D eigenvalue weighted by atomic mass is 10.1. The molecule has 0 saturated carbocycles. The van der Waals surface area contributed by atoms with Gasteiger partial charge in [0.15, 0.2) is 17.3 Å². The molecule has 1 amide bonds. The lowest BCUT2D eigenvalue weighted by Gasteiger charge is -2.14. The fourth-order valence-electron chi connectivity index (χ4n) is 4.16. The number of fused-ring (bicyclic) bond motifs is 2. The van der Waals surface area contributed by atoms with Gasteiger partial charge in [-0.25, -0.2) is 4.39 Å². The Labute approximate surface area is 218 Å². The van der Waals surface area contributed by atoms with E-state index in [1.807, 2.05) is 61.1 Å². The summed E-state index contributed by atoms with van der Waals surface area (Å²) in [6.07, 6.45) is 6.70. The van der Waals surface area contributed by atoms with E-state index >= 15 is 0 Å². The van der Waals surface area contributed by atoms with E-state index in [1.54, 1.807) is 22.9 Å². The number of hydrogen-bond donors (Lipinski definition) is 2. The maximum atomic E-state index is 14.8. The second-order valence-corrected chi connectivity index (χ2v) is 8.95. The van der Waals surface area contributed by atoms with E-state index in [1.165, 1.54) is 25.3 Å². The van der Waals surface area contributed by atoms with Gasteiger partial charge >= 0.3 is 0 Å². The van der Waals surface area contributed by atoms with Crippen LogP contribution in [0.15, 0.2) is 67.0 Å². The molecule has 0 radical (unpaired) electrons. The number of para-hydroxylation sites is 1. The number of aryl methyl sites for hydroxylation is 1. The molecule has 0 aliphatic carbocycles. The minimum absolute atomic E-state index is 0.00693. The number of aromatic nitrogens is 5. The molecular formula is C27H27FN8O2. The molecule has 0 aliphatic heterocycles. The number of amides is 1.